The summed E-state index contributed by atoms with van der Waals surface area (Å²) in [4.78, 5) is 24.8. The number of hydrogen-bond donors (Lipinski definition) is 3. The Morgan fingerprint density at radius 1 is 1.55 bits per heavy atom. The van der Waals surface area contributed by atoms with Gasteiger partial charge in [-0.3, -0.25) is 4.79 Å². The zero-order valence-corrected chi connectivity index (χ0v) is 12.4. The molecule has 2 atom stereocenters. The summed E-state index contributed by atoms with van der Waals surface area (Å²) >= 11 is 1.57. The first-order valence-electron chi connectivity index (χ1n) is 6.57. The molecule has 1 amide bonds. The average Bonchev–Trinajstić information content (AvgIpc) is 2.62. The number of carboxylic acid groups (broad SMARTS) is 1. The van der Waals surface area contributed by atoms with Gasteiger partial charge in [0, 0.05) is 18.1 Å². The van der Waals surface area contributed by atoms with Crippen LogP contribution in [-0.2, 0) is 9.59 Å². The number of carbonyl (C=O) groups excluding carboxylic acids is 1. The Morgan fingerprint density at radius 2 is 2.20 bits per heavy atom. The molecular weight excluding hydrogens is 280 g/mol. The number of amides is 1. The van der Waals surface area contributed by atoms with Crippen LogP contribution in [0.5, 0.6) is 0 Å². The van der Waals surface area contributed by atoms with Gasteiger partial charge in [-0.25, -0.2) is 4.79 Å². The Balaban J connectivity index is 2.18. The van der Waals surface area contributed by atoms with E-state index < -0.39 is 17.5 Å². The molecule has 2 rings (SSSR count). The molecule has 1 saturated heterocycles. The molecule has 0 saturated carbocycles. The highest BCUT2D eigenvalue weighted by atomic mass is 32.2. The van der Waals surface area contributed by atoms with Gasteiger partial charge >= 0.3 is 5.97 Å². The van der Waals surface area contributed by atoms with Crippen LogP contribution in [0.15, 0.2) is 11.3 Å². The van der Waals surface area contributed by atoms with E-state index in [0.717, 1.165) is 11.3 Å². The number of hydrogen-bond acceptors (Lipinski definition) is 5. The summed E-state index contributed by atoms with van der Waals surface area (Å²) in [6.45, 7) is 3.72. The molecule has 7 heteroatoms. The topological polar surface area (TPSA) is 104 Å². The zero-order chi connectivity index (χ0) is 15.1. The molecule has 2 aliphatic rings. The maximum atomic E-state index is 12.1. The first-order chi connectivity index (χ1) is 9.29. The normalized spacial score (nSPS) is 25.8. The van der Waals surface area contributed by atoms with E-state index in [2.05, 4.69) is 0 Å². The van der Waals surface area contributed by atoms with Crippen molar-refractivity contribution in [1.82, 2.24) is 4.90 Å². The predicted molar refractivity (Wildman–Crippen MR) is 76.1 cm³/mol. The highest BCUT2D eigenvalue weighted by Gasteiger charge is 2.59. The third-order valence-corrected chi connectivity index (χ3v) is 4.83. The van der Waals surface area contributed by atoms with Gasteiger partial charge in [-0.2, -0.15) is 11.8 Å². The van der Waals surface area contributed by atoms with E-state index in [1.165, 1.54) is 4.90 Å². The summed E-state index contributed by atoms with van der Waals surface area (Å²) in [5.41, 5.74) is 5.17. The monoisotopic (exact) mass is 300 g/mol. The fraction of sp³-hybridized carbons (Fsp3) is 0.692. The lowest BCUT2D eigenvalue weighted by Crippen LogP contribution is -2.65. The van der Waals surface area contributed by atoms with Crippen LogP contribution in [0, 0.1) is 5.92 Å². The zero-order valence-electron chi connectivity index (χ0n) is 11.6. The van der Waals surface area contributed by atoms with Gasteiger partial charge in [0.05, 0.1) is 17.6 Å². The summed E-state index contributed by atoms with van der Waals surface area (Å²) in [7, 11) is 0. The molecule has 0 aromatic rings. The minimum absolute atomic E-state index is 0.102. The van der Waals surface area contributed by atoms with E-state index in [-0.39, 0.29) is 17.6 Å². The molecule has 0 radical (unpaired) electrons. The minimum Gasteiger partial charge on any atom is -0.477 e. The van der Waals surface area contributed by atoms with Gasteiger partial charge < -0.3 is 20.8 Å². The molecule has 0 aromatic heterocycles. The maximum Gasteiger partial charge on any atom is 0.352 e. The lowest BCUT2D eigenvalue weighted by molar-refractivity contribution is -0.169. The first kappa shape index (κ1) is 15.3. The molecule has 6 nitrogen and oxygen atoms in total. The largest absolute Gasteiger partial charge is 0.477 e. The van der Waals surface area contributed by atoms with Crippen LogP contribution in [0.2, 0.25) is 0 Å². The Hall–Kier alpha value is -1.05. The van der Waals surface area contributed by atoms with Crippen molar-refractivity contribution in [2.75, 3.05) is 18.1 Å². The predicted octanol–water partition coefficient (Wildman–Crippen LogP) is 0.0186. The van der Waals surface area contributed by atoms with Gasteiger partial charge in [-0.05, 0) is 25.8 Å². The third kappa shape index (κ3) is 2.45. The van der Waals surface area contributed by atoms with Crippen molar-refractivity contribution in [1.29, 1.82) is 0 Å². The van der Waals surface area contributed by atoms with Gasteiger partial charge in [-0.1, -0.05) is 0 Å². The van der Waals surface area contributed by atoms with Crippen LogP contribution >= 0.6 is 11.8 Å². The SMILES string of the molecule is CC(C)(O)C1C(=O)N2C(C(=O)O)=C(CSCCN)CC12. The van der Waals surface area contributed by atoms with Crippen LogP contribution in [0.3, 0.4) is 0 Å². The van der Waals surface area contributed by atoms with Gasteiger partial charge in [0.25, 0.3) is 0 Å². The highest BCUT2D eigenvalue weighted by molar-refractivity contribution is 7.99. The molecule has 0 aromatic carbocycles. The smallest absolute Gasteiger partial charge is 0.352 e. The fourth-order valence-corrected chi connectivity index (χ4v) is 3.79. The van der Waals surface area contributed by atoms with Crippen molar-refractivity contribution in [2.45, 2.75) is 31.9 Å². The number of nitrogens with two attached hydrogens (primary N) is 1. The quantitative estimate of drug-likeness (QED) is 0.472. The first-order valence-corrected chi connectivity index (χ1v) is 7.73. The number of β-lactam (4-membered cyclic amide) rings is 1. The fourth-order valence-electron chi connectivity index (χ4n) is 2.98. The number of carboxylic acids is 1. The number of aliphatic hydroxyl groups is 1. The standard InChI is InChI=1S/C13H20N2O4S/c1-13(2,19)9-8-5-7(6-20-4-3-14)10(12(17)18)15(8)11(9)16/h8-9,19H,3-6,14H2,1-2H3,(H,17,18). The van der Waals surface area contributed by atoms with Gasteiger partial charge in [0.15, 0.2) is 0 Å². The molecule has 0 aliphatic carbocycles. The molecule has 0 spiro atoms. The molecular formula is C13H20N2O4S. The number of fused-ring (bicyclic) bond motifs is 1. The summed E-state index contributed by atoms with van der Waals surface area (Å²) in [6, 6.07) is -0.220. The number of nitrogens with zero attached hydrogens (tertiary/aromatic N) is 1. The number of rotatable bonds is 6. The molecule has 2 aliphatic heterocycles. The van der Waals surface area contributed by atoms with E-state index in [1.807, 2.05) is 0 Å². The van der Waals surface area contributed by atoms with Crippen molar-refractivity contribution in [3.05, 3.63) is 11.3 Å². The summed E-state index contributed by atoms with van der Waals surface area (Å²) in [6.07, 6.45) is 0.527. The molecule has 112 valence electrons. The second-order valence-corrected chi connectivity index (χ2v) is 6.81. The van der Waals surface area contributed by atoms with E-state index in [4.69, 9.17) is 5.73 Å². The average molecular weight is 300 g/mol. The van der Waals surface area contributed by atoms with E-state index in [0.29, 0.717) is 18.7 Å². The minimum atomic E-state index is -1.12. The van der Waals surface area contributed by atoms with Crippen molar-refractivity contribution in [3.8, 4) is 0 Å². The number of thioether (sulfide) groups is 1. The van der Waals surface area contributed by atoms with Crippen LogP contribution < -0.4 is 5.73 Å². The summed E-state index contributed by atoms with van der Waals surface area (Å²) in [5, 5.41) is 19.4. The van der Waals surface area contributed by atoms with Crippen molar-refractivity contribution < 1.29 is 19.8 Å². The van der Waals surface area contributed by atoms with Crippen molar-refractivity contribution in [3.63, 3.8) is 0 Å². The van der Waals surface area contributed by atoms with Crippen molar-refractivity contribution >= 4 is 23.6 Å². The Morgan fingerprint density at radius 3 is 2.70 bits per heavy atom. The van der Waals surface area contributed by atoms with Gasteiger partial charge in [0.2, 0.25) is 5.91 Å². The number of carbonyl (C=O) groups is 2. The van der Waals surface area contributed by atoms with Crippen LogP contribution in [0.4, 0.5) is 0 Å². The second kappa shape index (κ2) is 5.38. The molecule has 4 N–H and O–H groups in total. The van der Waals surface area contributed by atoms with Crippen LogP contribution in [0.1, 0.15) is 20.3 Å². The second-order valence-electron chi connectivity index (χ2n) is 5.71. The van der Waals surface area contributed by atoms with E-state index >= 15 is 0 Å². The molecule has 1 fully saturated rings. The van der Waals surface area contributed by atoms with Crippen LogP contribution in [0.25, 0.3) is 0 Å². The van der Waals surface area contributed by atoms with Crippen molar-refractivity contribution in [2.24, 2.45) is 11.7 Å². The highest BCUT2D eigenvalue weighted by Crippen LogP contribution is 2.46. The summed E-state index contributed by atoms with van der Waals surface area (Å²) in [5.74, 6) is -0.562. The van der Waals surface area contributed by atoms with E-state index in [9.17, 15) is 19.8 Å². The maximum absolute atomic E-state index is 12.1. The molecule has 2 heterocycles. The Labute approximate surface area is 122 Å². The third-order valence-electron chi connectivity index (χ3n) is 3.75. The summed E-state index contributed by atoms with van der Waals surface area (Å²) < 4.78 is 0. The van der Waals surface area contributed by atoms with Crippen LogP contribution in [-0.4, -0.2) is 56.7 Å². The lowest BCUT2D eigenvalue weighted by atomic mass is 9.76. The molecule has 0 bridgehead atoms. The Bertz CT molecular complexity index is 469. The lowest BCUT2D eigenvalue weighted by Gasteiger charge is -2.48. The Kier molecular flexibility index (Phi) is 4.13. The van der Waals surface area contributed by atoms with E-state index in [1.54, 1.807) is 25.6 Å². The molecule has 20 heavy (non-hydrogen) atoms. The number of aliphatic carboxylic acids is 1. The van der Waals surface area contributed by atoms with Gasteiger partial charge in [0.1, 0.15) is 5.70 Å². The van der Waals surface area contributed by atoms with Gasteiger partial charge in [-0.15, -0.1) is 0 Å². The molecule has 2 unspecified atom stereocenters.